The zero-order chi connectivity index (χ0) is 23.5. The van der Waals surface area contributed by atoms with E-state index in [2.05, 4.69) is 51.1 Å². The second-order valence-electron chi connectivity index (χ2n) is 10.2. The highest BCUT2D eigenvalue weighted by Crippen LogP contribution is 2.37. The molecule has 0 saturated carbocycles. The molecule has 2 aromatic rings. The Kier molecular flexibility index (Phi) is 13.3. The molecule has 3 rings (SSSR count). The maximum Gasteiger partial charge on any atom is 0.125 e. The van der Waals surface area contributed by atoms with Crippen molar-refractivity contribution >= 4 is 6.29 Å². The lowest BCUT2D eigenvalue weighted by molar-refractivity contribution is -0.113. The Hall–Kier alpha value is -2.01. The highest BCUT2D eigenvalue weighted by Gasteiger charge is 2.34. The van der Waals surface area contributed by atoms with Crippen molar-refractivity contribution in [3.05, 3.63) is 71.8 Å². The van der Waals surface area contributed by atoms with Crippen LogP contribution in [-0.4, -0.2) is 30.7 Å². The van der Waals surface area contributed by atoms with E-state index in [0.717, 1.165) is 24.9 Å². The Bertz CT molecular complexity index is 733. The Morgan fingerprint density at radius 3 is 1.84 bits per heavy atom. The van der Waals surface area contributed by atoms with E-state index >= 15 is 0 Å². The summed E-state index contributed by atoms with van der Waals surface area (Å²) >= 11 is 0. The van der Waals surface area contributed by atoms with Crippen molar-refractivity contribution in [1.29, 1.82) is 0 Å². The fraction of sp³-hybridized carbons (Fsp3) is 0.536. The molecule has 1 unspecified atom stereocenters. The van der Waals surface area contributed by atoms with E-state index in [-0.39, 0.29) is 30.9 Å². The second-order valence-corrected chi connectivity index (χ2v) is 10.2. The van der Waals surface area contributed by atoms with Gasteiger partial charge in [-0.1, -0.05) is 110 Å². The van der Waals surface area contributed by atoms with Crippen LogP contribution in [0.3, 0.4) is 0 Å². The number of aliphatic hydroxyl groups excluding tert-OH is 1. The first kappa shape index (κ1) is 30.0. The van der Waals surface area contributed by atoms with Crippen molar-refractivity contribution in [2.75, 3.05) is 13.2 Å². The summed E-state index contributed by atoms with van der Waals surface area (Å²) in [6, 6.07) is 20.0. The number of hydrogen-bond donors (Lipinski definition) is 2. The number of ether oxygens (including phenoxy) is 1. The molecule has 0 bridgehead atoms. The third-order valence-corrected chi connectivity index (χ3v) is 5.01. The normalized spacial score (nSPS) is 18.8. The van der Waals surface area contributed by atoms with Crippen LogP contribution in [0.5, 0.6) is 0 Å². The van der Waals surface area contributed by atoms with E-state index in [0.29, 0.717) is 12.0 Å². The maximum atomic E-state index is 9.83. The molecule has 2 aromatic carbocycles. The summed E-state index contributed by atoms with van der Waals surface area (Å²) in [4.78, 5) is 9.83. The molecule has 4 heteroatoms. The van der Waals surface area contributed by atoms with Gasteiger partial charge in [0.1, 0.15) is 6.29 Å². The van der Waals surface area contributed by atoms with Crippen molar-refractivity contribution in [1.82, 2.24) is 0 Å². The van der Waals surface area contributed by atoms with Crippen molar-refractivity contribution in [2.24, 2.45) is 16.6 Å². The van der Waals surface area contributed by atoms with Crippen LogP contribution in [0.2, 0.25) is 0 Å². The molecule has 0 radical (unpaired) electrons. The van der Waals surface area contributed by atoms with Gasteiger partial charge in [0.25, 0.3) is 0 Å². The summed E-state index contributed by atoms with van der Waals surface area (Å²) in [5.41, 5.74) is 8.07. The Morgan fingerprint density at radius 2 is 1.47 bits per heavy atom. The highest BCUT2D eigenvalue weighted by atomic mass is 16.5. The number of nitrogens with two attached hydrogens (primary N) is 1. The van der Waals surface area contributed by atoms with Gasteiger partial charge in [-0.3, -0.25) is 0 Å². The first-order valence-corrected chi connectivity index (χ1v) is 11.0. The molecule has 0 spiro atoms. The van der Waals surface area contributed by atoms with Crippen LogP contribution in [0, 0.1) is 10.8 Å². The monoisotopic (exact) mass is 443 g/mol. The van der Waals surface area contributed by atoms with Gasteiger partial charge in [-0.2, -0.15) is 0 Å². The van der Waals surface area contributed by atoms with Gasteiger partial charge in [0.2, 0.25) is 0 Å². The fourth-order valence-electron chi connectivity index (χ4n) is 2.99. The molecular weight excluding hydrogens is 398 g/mol. The summed E-state index contributed by atoms with van der Waals surface area (Å²) < 4.78 is 5.88. The SMILES string of the molecule is C.CC(C)(C)C1C[C@@H](c2ccccc2)CO1.CC(C)(C)C=O.N[C@H](CO)c1ccccc1. The van der Waals surface area contributed by atoms with E-state index in [1.165, 1.54) is 5.56 Å². The highest BCUT2D eigenvalue weighted by molar-refractivity contribution is 5.56. The second kappa shape index (κ2) is 14.2. The summed E-state index contributed by atoms with van der Waals surface area (Å²) in [7, 11) is 0. The molecule has 1 fully saturated rings. The first-order chi connectivity index (χ1) is 14.5. The van der Waals surface area contributed by atoms with Gasteiger partial charge in [0.05, 0.1) is 25.4 Å². The molecule has 0 amide bonds. The van der Waals surface area contributed by atoms with Gasteiger partial charge in [-0.05, 0) is 23.0 Å². The molecule has 1 heterocycles. The lowest BCUT2D eigenvalue weighted by Gasteiger charge is -2.25. The van der Waals surface area contributed by atoms with Crippen LogP contribution in [0.1, 0.15) is 78.5 Å². The molecule has 0 aromatic heterocycles. The third-order valence-electron chi connectivity index (χ3n) is 5.01. The number of carbonyl (C=O) groups is 1. The van der Waals surface area contributed by atoms with E-state index in [9.17, 15) is 4.79 Å². The molecule has 32 heavy (non-hydrogen) atoms. The minimum absolute atomic E-state index is 0. The molecular formula is C28H45NO3. The minimum atomic E-state index is -0.235. The number of carbonyl (C=O) groups excluding carboxylic acids is 1. The summed E-state index contributed by atoms with van der Waals surface area (Å²) in [5.74, 6) is 0.593. The van der Waals surface area contributed by atoms with E-state index in [1.54, 1.807) is 0 Å². The molecule has 3 atom stereocenters. The van der Waals surface area contributed by atoms with E-state index < -0.39 is 0 Å². The van der Waals surface area contributed by atoms with Crippen molar-refractivity contribution in [3.8, 4) is 0 Å². The fourth-order valence-corrected chi connectivity index (χ4v) is 2.99. The van der Waals surface area contributed by atoms with Crippen LogP contribution >= 0.6 is 0 Å². The van der Waals surface area contributed by atoms with Gasteiger partial charge in [0.15, 0.2) is 0 Å². The molecule has 3 N–H and O–H groups in total. The van der Waals surface area contributed by atoms with Gasteiger partial charge in [0, 0.05) is 11.3 Å². The zero-order valence-corrected chi connectivity index (χ0v) is 20.0. The summed E-state index contributed by atoms with van der Waals surface area (Å²) in [5, 5.41) is 8.66. The molecule has 1 aliphatic rings. The Morgan fingerprint density at radius 1 is 1.00 bits per heavy atom. The maximum absolute atomic E-state index is 9.83. The lowest BCUT2D eigenvalue weighted by Crippen LogP contribution is -2.25. The van der Waals surface area contributed by atoms with Crippen LogP contribution in [0.4, 0.5) is 0 Å². The zero-order valence-electron chi connectivity index (χ0n) is 20.0. The van der Waals surface area contributed by atoms with Crippen LogP contribution in [0.15, 0.2) is 60.7 Å². The minimum Gasteiger partial charge on any atom is -0.394 e. The molecule has 1 saturated heterocycles. The average molecular weight is 444 g/mol. The lowest BCUT2D eigenvalue weighted by atomic mass is 9.84. The Balaban J connectivity index is 0.000000492. The first-order valence-electron chi connectivity index (χ1n) is 11.0. The summed E-state index contributed by atoms with van der Waals surface area (Å²) in [6.07, 6.45) is 2.50. The summed E-state index contributed by atoms with van der Waals surface area (Å²) in [6.45, 7) is 13.3. The number of hydrogen-bond acceptors (Lipinski definition) is 4. The van der Waals surface area contributed by atoms with Crippen LogP contribution in [0.25, 0.3) is 0 Å². The van der Waals surface area contributed by atoms with Crippen LogP contribution < -0.4 is 5.73 Å². The van der Waals surface area contributed by atoms with Crippen molar-refractivity contribution < 1.29 is 14.6 Å². The van der Waals surface area contributed by atoms with Crippen molar-refractivity contribution in [3.63, 3.8) is 0 Å². The Labute approximate surface area is 196 Å². The molecule has 4 nitrogen and oxygen atoms in total. The number of benzene rings is 2. The number of aliphatic hydroxyl groups is 1. The van der Waals surface area contributed by atoms with E-state index in [1.807, 2.05) is 51.1 Å². The third kappa shape index (κ3) is 11.6. The van der Waals surface area contributed by atoms with Crippen molar-refractivity contribution in [2.45, 2.75) is 73.5 Å². The van der Waals surface area contributed by atoms with Gasteiger partial charge < -0.3 is 20.4 Å². The molecule has 1 aliphatic heterocycles. The van der Waals surface area contributed by atoms with Gasteiger partial charge >= 0.3 is 0 Å². The van der Waals surface area contributed by atoms with Gasteiger partial charge in [-0.15, -0.1) is 0 Å². The molecule has 180 valence electrons. The number of rotatable bonds is 3. The quantitative estimate of drug-likeness (QED) is 0.558. The van der Waals surface area contributed by atoms with Gasteiger partial charge in [-0.25, -0.2) is 0 Å². The topological polar surface area (TPSA) is 72.5 Å². The largest absolute Gasteiger partial charge is 0.394 e. The van der Waals surface area contributed by atoms with Crippen LogP contribution in [-0.2, 0) is 9.53 Å². The smallest absolute Gasteiger partial charge is 0.125 e. The predicted octanol–water partition coefficient (Wildman–Crippen LogP) is 6.15. The number of aldehydes is 1. The molecule has 0 aliphatic carbocycles. The van der Waals surface area contributed by atoms with E-state index in [4.69, 9.17) is 15.6 Å². The predicted molar refractivity (Wildman–Crippen MR) is 136 cm³/mol. The standard InChI is InChI=1S/C14H20O.C8H11NO.C5H10O.CH4/c1-14(2,3)13-9-12(10-15-13)11-7-5-4-6-8-11;9-8(6-10)7-4-2-1-3-5-7;1-5(2,3)4-6;/h4-8,12-13H,9-10H2,1-3H3;1-5,8,10H,6,9H2;4H,1-3H3;1H4/t12-,13?;8-;;/m11../s1. The average Bonchev–Trinajstić information content (AvgIpc) is 3.26.